The number of rotatable bonds is 12. The number of hydrogen-bond acceptors (Lipinski definition) is 9. The van der Waals surface area contributed by atoms with Crippen LogP contribution in [0.2, 0.25) is 0 Å². The number of nitrogens with one attached hydrogen (secondary N) is 1. The van der Waals surface area contributed by atoms with Crippen LogP contribution in [-0.4, -0.2) is 52.2 Å². The Kier molecular flexibility index (Phi) is 11.1. The summed E-state index contributed by atoms with van der Waals surface area (Å²) >= 11 is 1.50. The van der Waals surface area contributed by atoms with E-state index in [1.54, 1.807) is 24.4 Å². The van der Waals surface area contributed by atoms with Crippen LogP contribution in [-0.2, 0) is 11.3 Å². The molecule has 49 heavy (non-hydrogen) atoms. The van der Waals surface area contributed by atoms with Crippen molar-refractivity contribution < 1.29 is 18.7 Å². The lowest BCUT2D eigenvalue weighted by molar-refractivity contribution is 0.148. The Labute approximate surface area is 290 Å². The molecule has 9 nitrogen and oxygen atoms in total. The lowest BCUT2D eigenvalue weighted by atomic mass is 10.0. The molecule has 1 aliphatic rings. The van der Waals surface area contributed by atoms with E-state index in [0.717, 1.165) is 53.3 Å². The van der Waals surface area contributed by atoms with E-state index >= 15 is 4.39 Å². The van der Waals surface area contributed by atoms with Crippen molar-refractivity contribution >= 4 is 40.6 Å². The van der Waals surface area contributed by atoms with Crippen LogP contribution in [0.5, 0.6) is 5.75 Å². The van der Waals surface area contributed by atoms with Crippen LogP contribution in [0, 0.1) is 26.6 Å². The molecule has 0 bridgehead atoms. The number of piperidine rings is 1. The zero-order chi connectivity index (χ0) is 34.2. The van der Waals surface area contributed by atoms with Crippen molar-refractivity contribution in [3.8, 4) is 16.3 Å². The number of anilines is 4. The fourth-order valence-electron chi connectivity index (χ4n) is 6.12. The number of halogens is 1. The number of ether oxygens (including phenoxy) is 2. The first-order chi connectivity index (χ1) is 23.8. The summed E-state index contributed by atoms with van der Waals surface area (Å²) in [6.07, 6.45) is 5.57. The second kappa shape index (κ2) is 16.0. The zero-order valence-corrected chi connectivity index (χ0v) is 28.9. The van der Waals surface area contributed by atoms with Gasteiger partial charge in [0.15, 0.2) is 11.6 Å². The molecule has 0 unspecified atom stereocenters. The molecular weight excluding hydrogens is 640 g/mol. The summed E-state index contributed by atoms with van der Waals surface area (Å²) in [7, 11) is 0. The number of benzene rings is 3. The summed E-state index contributed by atoms with van der Waals surface area (Å²) in [5.74, 6) is 0.219. The summed E-state index contributed by atoms with van der Waals surface area (Å²) in [5, 5.41) is 5.81. The molecule has 1 saturated heterocycles. The van der Waals surface area contributed by atoms with Gasteiger partial charge in [0.25, 0.3) is 0 Å². The average Bonchev–Trinajstić information content (AvgIpc) is 3.58. The number of carbonyl (C=O) groups is 1. The van der Waals surface area contributed by atoms with Crippen LogP contribution >= 0.6 is 11.3 Å². The van der Waals surface area contributed by atoms with Gasteiger partial charge in [0.1, 0.15) is 17.4 Å². The number of aryl methyl sites for hydroxylation is 3. The van der Waals surface area contributed by atoms with Crippen molar-refractivity contribution in [2.45, 2.75) is 53.1 Å². The van der Waals surface area contributed by atoms with Crippen LogP contribution in [0.1, 0.15) is 48.1 Å². The lowest BCUT2D eigenvalue weighted by Crippen LogP contribution is -2.31. The number of carbonyl (C=O) groups excluding carboxylic acids is 1. The third-order valence-electron chi connectivity index (χ3n) is 8.34. The van der Waals surface area contributed by atoms with E-state index in [4.69, 9.17) is 9.47 Å². The van der Waals surface area contributed by atoms with Gasteiger partial charge < -0.3 is 19.7 Å². The van der Waals surface area contributed by atoms with Gasteiger partial charge in [-0.05, 0) is 76.4 Å². The summed E-state index contributed by atoms with van der Waals surface area (Å²) < 4.78 is 26.6. The second-order valence-corrected chi connectivity index (χ2v) is 13.1. The lowest BCUT2D eigenvalue weighted by Gasteiger charge is -2.26. The number of hydrogen-bond donors (Lipinski definition) is 1. The van der Waals surface area contributed by atoms with E-state index in [9.17, 15) is 4.79 Å². The molecule has 0 saturated carbocycles. The van der Waals surface area contributed by atoms with Gasteiger partial charge in [-0.25, -0.2) is 24.1 Å². The van der Waals surface area contributed by atoms with Crippen molar-refractivity contribution in [3.63, 3.8) is 0 Å². The predicted octanol–water partition coefficient (Wildman–Crippen LogP) is 9.14. The van der Waals surface area contributed by atoms with Crippen LogP contribution in [0.15, 0.2) is 78.3 Å². The minimum absolute atomic E-state index is 0.00916. The largest absolute Gasteiger partial charge is 0.490 e. The zero-order valence-electron chi connectivity index (χ0n) is 28.1. The molecule has 6 rings (SSSR count). The van der Waals surface area contributed by atoms with Gasteiger partial charge in [-0.15, -0.1) is 11.3 Å². The molecule has 0 aliphatic carbocycles. The molecule has 0 atom stereocenters. The van der Waals surface area contributed by atoms with E-state index in [2.05, 4.69) is 25.2 Å². The number of nitrogens with zero attached hydrogens (tertiary/aromatic N) is 5. The molecule has 1 N–H and O–H groups in total. The van der Waals surface area contributed by atoms with Gasteiger partial charge in [-0.2, -0.15) is 4.98 Å². The minimum atomic E-state index is -0.609. The number of thiazole rings is 1. The standard InChI is InChI=1S/C38H41FN6O3S/c1-26-21-27(2)35(28(3)22-26)45(38(46)48-24-31-25-49-36(41-31)29-11-6-4-7-12-29)34-15-16-40-37(43-34)42-30-13-14-33(32(39)23-30)47-20-10-19-44-17-8-5-9-18-44/h4,6-7,11-16,21-23,25H,5,8-10,17-20,24H2,1-3H3,(H,40,42,43). The molecule has 0 radical (unpaired) electrons. The van der Waals surface area contributed by atoms with Crippen molar-refractivity contribution in [2.75, 3.05) is 36.5 Å². The number of aromatic nitrogens is 3. The average molecular weight is 681 g/mol. The Morgan fingerprint density at radius 3 is 2.51 bits per heavy atom. The topological polar surface area (TPSA) is 92.7 Å². The van der Waals surface area contributed by atoms with Gasteiger partial charge in [0, 0.05) is 41.5 Å². The number of amides is 1. The van der Waals surface area contributed by atoms with Crippen LogP contribution in [0.25, 0.3) is 10.6 Å². The Morgan fingerprint density at radius 1 is 0.980 bits per heavy atom. The van der Waals surface area contributed by atoms with Crippen LogP contribution in [0.4, 0.5) is 32.3 Å². The maximum atomic E-state index is 15.0. The van der Waals surface area contributed by atoms with Gasteiger partial charge in [-0.3, -0.25) is 0 Å². The first kappa shape index (κ1) is 34.0. The van der Waals surface area contributed by atoms with Crippen LogP contribution < -0.4 is 15.0 Å². The summed E-state index contributed by atoms with van der Waals surface area (Å²) in [5.41, 5.74) is 5.61. The fraction of sp³-hybridized carbons (Fsp3) is 0.316. The molecular formula is C38H41FN6O3S. The molecule has 2 aromatic heterocycles. The summed E-state index contributed by atoms with van der Waals surface area (Å²) in [4.78, 5) is 31.4. The molecule has 254 valence electrons. The Bertz CT molecular complexity index is 1860. The predicted molar refractivity (Wildman–Crippen MR) is 193 cm³/mol. The highest BCUT2D eigenvalue weighted by Gasteiger charge is 2.26. The highest BCUT2D eigenvalue weighted by atomic mass is 32.1. The van der Waals surface area contributed by atoms with E-state index in [-0.39, 0.29) is 18.3 Å². The second-order valence-electron chi connectivity index (χ2n) is 12.3. The molecule has 3 heterocycles. The minimum Gasteiger partial charge on any atom is -0.490 e. The highest BCUT2D eigenvalue weighted by Crippen LogP contribution is 2.34. The molecule has 11 heteroatoms. The molecule has 1 aliphatic heterocycles. The maximum Gasteiger partial charge on any atom is 0.420 e. The van der Waals surface area contributed by atoms with E-state index in [0.29, 0.717) is 29.5 Å². The van der Waals surface area contributed by atoms with Gasteiger partial charge >= 0.3 is 6.09 Å². The summed E-state index contributed by atoms with van der Waals surface area (Å²) in [6, 6.07) is 20.2. The quantitative estimate of drug-likeness (QED) is 0.131. The SMILES string of the molecule is Cc1cc(C)c(N(C(=O)OCc2csc(-c3ccccc3)n2)c2ccnc(Nc3ccc(OCCCN4CCCCC4)c(F)c3)n2)c(C)c1. The van der Waals surface area contributed by atoms with Crippen molar-refractivity contribution in [1.29, 1.82) is 0 Å². The van der Waals surface area contributed by atoms with E-state index in [1.165, 1.54) is 41.6 Å². The Balaban J connectivity index is 1.16. The highest BCUT2D eigenvalue weighted by molar-refractivity contribution is 7.13. The third-order valence-corrected chi connectivity index (χ3v) is 9.28. The fourth-order valence-corrected chi connectivity index (χ4v) is 6.93. The van der Waals surface area contributed by atoms with E-state index < -0.39 is 11.9 Å². The first-order valence-electron chi connectivity index (χ1n) is 16.6. The normalized spacial score (nSPS) is 13.2. The smallest absolute Gasteiger partial charge is 0.420 e. The summed E-state index contributed by atoms with van der Waals surface area (Å²) in [6.45, 7) is 9.56. The number of likely N-dealkylation sites (tertiary alicyclic amines) is 1. The van der Waals surface area contributed by atoms with Crippen molar-refractivity contribution in [1.82, 2.24) is 19.9 Å². The van der Waals surface area contributed by atoms with Gasteiger partial charge in [0.05, 0.1) is 18.0 Å². The molecule has 0 spiro atoms. The Hall–Kier alpha value is -4.87. The Morgan fingerprint density at radius 2 is 1.76 bits per heavy atom. The third kappa shape index (κ3) is 8.79. The van der Waals surface area contributed by atoms with Gasteiger partial charge in [-0.1, -0.05) is 54.4 Å². The monoisotopic (exact) mass is 680 g/mol. The maximum absolute atomic E-state index is 15.0. The van der Waals surface area contributed by atoms with Crippen molar-refractivity contribution in [3.05, 3.63) is 107 Å². The van der Waals surface area contributed by atoms with Gasteiger partial charge in [0.2, 0.25) is 5.95 Å². The molecule has 1 fully saturated rings. The molecule has 5 aromatic rings. The molecule has 3 aromatic carbocycles. The van der Waals surface area contributed by atoms with Crippen molar-refractivity contribution in [2.24, 2.45) is 0 Å². The molecule has 1 amide bonds. The van der Waals surface area contributed by atoms with E-state index in [1.807, 2.05) is 68.6 Å². The van der Waals surface area contributed by atoms with Crippen LogP contribution in [0.3, 0.4) is 0 Å². The first-order valence-corrected chi connectivity index (χ1v) is 17.5.